The first-order chi connectivity index (χ1) is 16.3. The molecule has 0 amide bonds. The van der Waals surface area contributed by atoms with Crippen LogP contribution in [-0.4, -0.2) is 18.9 Å². The minimum Gasteiger partial charge on any atom is -0.495 e. The van der Waals surface area contributed by atoms with Gasteiger partial charge in [0.05, 0.1) is 12.7 Å². The molecule has 6 heteroatoms. The van der Waals surface area contributed by atoms with Gasteiger partial charge in [0.15, 0.2) is 17.3 Å². The lowest BCUT2D eigenvalue weighted by atomic mass is 9.87. The Bertz CT molecular complexity index is 1210. The summed E-state index contributed by atoms with van der Waals surface area (Å²) in [6.45, 7) is 6.30. The van der Waals surface area contributed by atoms with Crippen molar-refractivity contribution in [2.24, 2.45) is 5.41 Å². The van der Waals surface area contributed by atoms with Crippen molar-refractivity contribution in [3.63, 3.8) is 0 Å². The molecule has 0 spiro atoms. The molecule has 3 aromatic rings. The highest BCUT2D eigenvalue weighted by molar-refractivity contribution is 6.05. The SMILES string of the molecule is COc1c(C(=O)CC(C)(C)C)ccc2c1C(=O)OCc1cccc(OCc3ccccc3)c1O2. The highest BCUT2D eigenvalue weighted by Crippen LogP contribution is 2.43. The number of benzene rings is 3. The van der Waals surface area contributed by atoms with Gasteiger partial charge in [-0.15, -0.1) is 0 Å². The van der Waals surface area contributed by atoms with Crippen LogP contribution >= 0.6 is 0 Å². The van der Waals surface area contributed by atoms with Gasteiger partial charge in [-0.05, 0) is 29.2 Å². The number of esters is 1. The molecule has 0 bridgehead atoms. The van der Waals surface area contributed by atoms with Crippen molar-refractivity contribution in [3.05, 3.63) is 82.9 Å². The summed E-state index contributed by atoms with van der Waals surface area (Å²) >= 11 is 0. The van der Waals surface area contributed by atoms with Gasteiger partial charge in [-0.1, -0.05) is 63.2 Å². The predicted molar refractivity (Wildman–Crippen MR) is 128 cm³/mol. The third kappa shape index (κ3) is 5.06. The van der Waals surface area contributed by atoms with Crippen molar-refractivity contribution in [2.75, 3.05) is 7.11 Å². The van der Waals surface area contributed by atoms with Crippen LogP contribution in [0.15, 0.2) is 60.7 Å². The molecule has 176 valence electrons. The number of carbonyl (C=O) groups is 2. The molecule has 34 heavy (non-hydrogen) atoms. The van der Waals surface area contributed by atoms with Crippen LogP contribution in [0.25, 0.3) is 0 Å². The van der Waals surface area contributed by atoms with E-state index in [-0.39, 0.29) is 34.9 Å². The molecule has 0 fully saturated rings. The Morgan fingerprint density at radius 2 is 1.76 bits per heavy atom. The average molecular weight is 461 g/mol. The second kappa shape index (κ2) is 9.59. The molecule has 0 N–H and O–H groups in total. The lowest BCUT2D eigenvalue weighted by molar-refractivity contribution is 0.0454. The van der Waals surface area contributed by atoms with Gasteiger partial charge in [0.25, 0.3) is 0 Å². The first-order valence-electron chi connectivity index (χ1n) is 11.1. The Morgan fingerprint density at radius 1 is 1.00 bits per heavy atom. The van der Waals surface area contributed by atoms with Gasteiger partial charge in [-0.3, -0.25) is 4.79 Å². The number of ketones is 1. The average Bonchev–Trinajstić information content (AvgIpc) is 2.80. The fourth-order valence-corrected chi connectivity index (χ4v) is 3.82. The van der Waals surface area contributed by atoms with Crippen molar-refractivity contribution >= 4 is 11.8 Å². The summed E-state index contributed by atoms with van der Waals surface area (Å²) in [5, 5.41) is 0. The van der Waals surface area contributed by atoms with Gasteiger partial charge in [-0.2, -0.15) is 0 Å². The van der Waals surface area contributed by atoms with Gasteiger partial charge >= 0.3 is 5.97 Å². The first kappa shape index (κ1) is 23.4. The Morgan fingerprint density at radius 3 is 2.47 bits per heavy atom. The standard InChI is InChI=1S/C28H28O6/c1-28(2,3)15-21(29)20-13-14-22-24(26(20)31-4)27(30)33-17-19-11-8-12-23(25(19)34-22)32-16-18-9-6-5-7-10-18/h5-14H,15-17H2,1-4H3. The summed E-state index contributed by atoms with van der Waals surface area (Å²) in [5.41, 5.74) is 1.89. The molecule has 0 aromatic heterocycles. The number of hydrogen-bond acceptors (Lipinski definition) is 6. The van der Waals surface area contributed by atoms with Gasteiger partial charge in [0, 0.05) is 12.0 Å². The van der Waals surface area contributed by atoms with Crippen LogP contribution < -0.4 is 14.2 Å². The third-order valence-electron chi connectivity index (χ3n) is 5.39. The molecule has 0 saturated carbocycles. The van der Waals surface area contributed by atoms with Crippen molar-refractivity contribution in [1.82, 2.24) is 0 Å². The van der Waals surface area contributed by atoms with Crippen LogP contribution in [0, 0.1) is 5.41 Å². The summed E-state index contributed by atoms with van der Waals surface area (Å²) in [5.74, 6) is 0.654. The molecule has 0 unspecified atom stereocenters. The zero-order valence-electron chi connectivity index (χ0n) is 19.8. The lowest BCUT2D eigenvalue weighted by Gasteiger charge is -2.23. The fraction of sp³-hybridized carbons (Fsp3) is 0.286. The zero-order chi connectivity index (χ0) is 24.3. The minimum atomic E-state index is -0.612. The number of hydrogen-bond donors (Lipinski definition) is 0. The van der Waals surface area contributed by atoms with E-state index >= 15 is 0 Å². The van der Waals surface area contributed by atoms with Crippen molar-refractivity contribution in [1.29, 1.82) is 0 Å². The molecule has 0 radical (unpaired) electrons. The molecule has 6 nitrogen and oxygen atoms in total. The van der Waals surface area contributed by atoms with Crippen molar-refractivity contribution in [2.45, 2.75) is 40.4 Å². The molecular formula is C28H28O6. The number of fused-ring (bicyclic) bond motifs is 2. The normalized spacial score (nSPS) is 12.9. The fourth-order valence-electron chi connectivity index (χ4n) is 3.82. The van der Waals surface area contributed by atoms with E-state index in [2.05, 4.69) is 0 Å². The quantitative estimate of drug-likeness (QED) is 0.315. The van der Waals surface area contributed by atoms with Crippen LogP contribution in [0.2, 0.25) is 0 Å². The molecule has 3 aromatic carbocycles. The van der Waals surface area contributed by atoms with Gasteiger partial charge in [0.1, 0.15) is 30.3 Å². The number of cyclic esters (lactones) is 1. The van der Waals surface area contributed by atoms with E-state index in [1.54, 1.807) is 12.1 Å². The summed E-state index contributed by atoms with van der Waals surface area (Å²) < 4.78 is 23.4. The lowest BCUT2D eigenvalue weighted by Crippen LogP contribution is -2.17. The van der Waals surface area contributed by atoms with E-state index in [0.717, 1.165) is 5.56 Å². The van der Waals surface area contributed by atoms with E-state index in [1.165, 1.54) is 7.11 Å². The molecule has 1 heterocycles. The molecule has 1 aliphatic heterocycles. The molecular weight excluding hydrogens is 432 g/mol. The Labute approximate surface area is 199 Å². The number of rotatable bonds is 6. The Hall–Kier alpha value is -3.80. The van der Waals surface area contributed by atoms with Gasteiger partial charge in [0.2, 0.25) is 0 Å². The minimum absolute atomic E-state index is 0.000533. The van der Waals surface area contributed by atoms with Crippen LogP contribution in [0.4, 0.5) is 0 Å². The number of carbonyl (C=O) groups excluding carboxylic acids is 2. The van der Waals surface area contributed by atoms with E-state index in [4.69, 9.17) is 18.9 Å². The summed E-state index contributed by atoms with van der Waals surface area (Å²) in [6, 6.07) is 18.5. The number of ether oxygens (including phenoxy) is 4. The van der Waals surface area contributed by atoms with Gasteiger partial charge < -0.3 is 18.9 Å². The third-order valence-corrected chi connectivity index (χ3v) is 5.39. The zero-order valence-corrected chi connectivity index (χ0v) is 19.8. The van der Waals surface area contributed by atoms with E-state index in [0.29, 0.717) is 35.7 Å². The first-order valence-corrected chi connectivity index (χ1v) is 11.1. The number of Topliss-reactive ketones (excluding diaryl/α,β-unsaturated/α-hetero) is 1. The Kier molecular flexibility index (Phi) is 6.59. The van der Waals surface area contributed by atoms with E-state index in [9.17, 15) is 9.59 Å². The molecule has 4 rings (SSSR count). The molecule has 0 saturated heterocycles. The van der Waals surface area contributed by atoms with E-state index < -0.39 is 5.97 Å². The molecule has 0 aliphatic carbocycles. The monoisotopic (exact) mass is 460 g/mol. The Balaban J connectivity index is 1.72. The smallest absolute Gasteiger partial charge is 0.346 e. The highest BCUT2D eigenvalue weighted by atomic mass is 16.6. The summed E-state index contributed by atoms with van der Waals surface area (Å²) in [4.78, 5) is 25.9. The highest BCUT2D eigenvalue weighted by Gasteiger charge is 2.30. The maximum absolute atomic E-state index is 13.0. The van der Waals surface area contributed by atoms with Crippen LogP contribution in [0.3, 0.4) is 0 Å². The van der Waals surface area contributed by atoms with Crippen LogP contribution in [-0.2, 0) is 18.0 Å². The maximum atomic E-state index is 13.0. The summed E-state index contributed by atoms with van der Waals surface area (Å²) in [7, 11) is 1.43. The summed E-state index contributed by atoms with van der Waals surface area (Å²) in [6.07, 6.45) is 0.304. The van der Waals surface area contributed by atoms with Gasteiger partial charge in [-0.25, -0.2) is 4.79 Å². The predicted octanol–water partition coefficient (Wildman–Crippen LogP) is 6.36. The largest absolute Gasteiger partial charge is 0.495 e. The van der Waals surface area contributed by atoms with E-state index in [1.807, 2.05) is 69.3 Å². The second-order valence-corrected chi connectivity index (χ2v) is 9.38. The van der Waals surface area contributed by atoms with Crippen molar-refractivity contribution in [3.8, 4) is 23.0 Å². The number of para-hydroxylation sites is 1. The maximum Gasteiger partial charge on any atom is 0.346 e. The van der Waals surface area contributed by atoms with Crippen LogP contribution in [0.5, 0.6) is 23.0 Å². The number of methoxy groups -OCH3 is 1. The second-order valence-electron chi connectivity index (χ2n) is 9.38. The molecule has 1 aliphatic rings. The topological polar surface area (TPSA) is 71.1 Å². The van der Waals surface area contributed by atoms with Crippen LogP contribution in [0.1, 0.15) is 59.0 Å². The van der Waals surface area contributed by atoms with Crippen molar-refractivity contribution < 1.29 is 28.5 Å². The molecule has 0 atom stereocenters.